The van der Waals surface area contributed by atoms with Crippen LogP contribution in [0, 0.1) is 5.92 Å². The van der Waals surface area contributed by atoms with Crippen LogP contribution in [0.2, 0.25) is 0 Å². The van der Waals surface area contributed by atoms with Crippen molar-refractivity contribution in [3.8, 4) is 0 Å². The monoisotopic (exact) mass is 743 g/mol. The van der Waals surface area contributed by atoms with Crippen molar-refractivity contribution in [2.24, 2.45) is 5.92 Å². The molecule has 1 heterocycles. The predicted molar refractivity (Wildman–Crippen MR) is 191 cm³/mol. The lowest BCUT2D eigenvalue weighted by atomic mass is 9.83. The van der Waals surface area contributed by atoms with E-state index in [4.69, 9.17) is 28.4 Å². The number of esters is 1. The van der Waals surface area contributed by atoms with Crippen LogP contribution in [0.3, 0.4) is 0 Å². The smallest absolute Gasteiger partial charge is 0.407 e. The van der Waals surface area contributed by atoms with Gasteiger partial charge in [-0.05, 0) is 98.6 Å². The third kappa shape index (κ3) is 15.4. The van der Waals surface area contributed by atoms with Crippen molar-refractivity contribution >= 4 is 18.0 Å². The van der Waals surface area contributed by atoms with Crippen LogP contribution < -0.4 is 16.0 Å². The molecule has 0 unspecified atom stereocenters. The number of alkyl carbamates (subject to hydrolysis) is 1. The first-order valence-corrected chi connectivity index (χ1v) is 18.9. The molecular formula is C37H65N3O12. The number of hydrogen-bond acceptors (Lipinski definition) is 13. The van der Waals surface area contributed by atoms with Crippen LogP contribution in [0.1, 0.15) is 113 Å². The lowest BCUT2D eigenvalue weighted by Crippen LogP contribution is -2.67. The molecule has 0 aromatic heterocycles. The fourth-order valence-electron chi connectivity index (χ4n) is 6.26. The van der Waals surface area contributed by atoms with Crippen molar-refractivity contribution in [3.05, 3.63) is 11.8 Å². The van der Waals surface area contributed by atoms with E-state index in [2.05, 4.69) is 16.0 Å². The maximum Gasteiger partial charge on any atom is 0.407 e. The number of aliphatic hydroxyl groups is 3. The highest BCUT2D eigenvalue weighted by atomic mass is 16.7. The van der Waals surface area contributed by atoms with Gasteiger partial charge in [-0.1, -0.05) is 13.3 Å². The standard InChI is InChI=1S/C37H65N3O12/c1-8-27(42)34(47-19-18-41)50-33-25(39-28(43)15-11-16-29(44)51-36(2,3)4)20-26(40-35(46)52-37(5,6)7)32(31(33)45)49-30-17-10-14-24(48-30)22-38-21-23-12-9-13-23/h14,23,25-27,30-34,38,41-42,45H,8-13,15-22H2,1-7H3,(H,39,43)(H,40,46)/t25-,26+,27-,30-,31+,32-,33+,34-/m1/s1. The van der Waals surface area contributed by atoms with Crippen LogP contribution in [-0.4, -0.2) is 120 Å². The van der Waals surface area contributed by atoms with Gasteiger partial charge in [-0.2, -0.15) is 0 Å². The van der Waals surface area contributed by atoms with Crippen molar-refractivity contribution < 1.29 is 58.1 Å². The highest BCUT2D eigenvalue weighted by Gasteiger charge is 2.49. The maximum atomic E-state index is 13.3. The number of hydrogen-bond donors (Lipinski definition) is 6. The summed E-state index contributed by atoms with van der Waals surface area (Å²) in [4.78, 5) is 38.6. The Morgan fingerprint density at radius 3 is 2.29 bits per heavy atom. The average molecular weight is 744 g/mol. The zero-order chi connectivity index (χ0) is 38.5. The van der Waals surface area contributed by atoms with E-state index in [1.54, 1.807) is 48.5 Å². The molecule has 2 aliphatic carbocycles. The van der Waals surface area contributed by atoms with Crippen LogP contribution in [0.4, 0.5) is 4.79 Å². The van der Waals surface area contributed by atoms with Crippen LogP contribution in [0.25, 0.3) is 0 Å². The maximum absolute atomic E-state index is 13.3. The van der Waals surface area contributed by atoms with Gasteiger partial charge in [-0.3, -0.25) is 9.59 Å². The summed E-state index contributed by atoms with van der Waals surface area (Å²) in [6, 6.07) is -1.79. The molecule has 0 spiro atoms. The minimum absolute atomic E-state index is 0.0233. The normalized spacial score (nSPS) is 26.6. The molecule has 2 amide bonds. The van der Waals surface area contributed by atoms with E-state index in [1.807, 2.05) is 6.08 Å². The van der Waals surface area contributed by atoms with Gasteiger partial charge < -0.3 is 59.7 Å². The van der Waals surface area contributed by atoms with Gasteiger partial charge in [0.2, 0.25) is 5.91 Å². The van der Waals surface area contributed by atoms with Crippen LogP contribution in [0.5, 0.6) is 0 Å². The minimum atomic E-state index is -1.47. The zero-order valence-corrected chi connectivity index (χ0v) is 32.2. The molecule has 0 radical (unpaired) electrons. The van der Waals surface area contributed by atoms with E-state index in [-0.39, 0.29) is 45.3 Å². The summed E-state index contributed by atoms with van der Waals surface area (Å²) in [5, 5.41) is 41.4. The molecule has 0 aromatic carbocycles. The van der Waals surface area contributed by atoms with E-state index in [1.165, 1.54) is 19.3 Å². The van der Waals surface area contributed by atoms with Gasteiger partial charge in [0.15, 0.2) is 12.6 Å². The number of ether oxygens (including phenoxy) is 6. The highest BCUT2D eigenvalue weighted by Crippen LogP contribution is 2.31. The minimum Gasteiger partial charge on any atom is -0.468 e. The van der Waals surface area contributed by atoms with E-state index in [9.17, 15) is 29.7 Å². The molecule has 0 bridgehead atoms. The molecule has 300 valence electrons. The fraction of sp³-hybridized carbons (Fsp3) is 0.865. The van der Waals surface area contributed by atoms with E-state index in [0.717, 1.165) is 12.3 Å². The van der Waals surface area contributed by atoms with Gasteiger partial charge in [-0.25, -0.2) is 4.79 Å². The third-order valence-electron chi connectivity index (χ3n) is 8.95. The summed E-state index contributed by atoms with van der Waals surface area (Å²) in [6.45, 7) is 13.2. The molecular weight excluding hydrogens is 678 g/mol. The summed E-state index contributed by atoms with van der Waals surface area (Å²) in [5.41, 5.74) is -1.46. The molecule has 1 aliphatic heterocycles. The molecule has 15 nitrogen and oxygen atoms in total. The van der Waals surface area contributed by atoms with Gasteiger partial charge in [0.1, 0.15) is 41.4 Å². The fourth-order valence-corrected chi connectivity index (χ4v) is 6.26. The molecule has 2 saturated carbocycles. The third-order valence-corrected chi connectivity index (χ3v) is 8.95. The molecule has 8 atom stereocenters. The SMILES string of the molecule is CC[C@@H](O)[C@H](OCCO)O[C@@H]1[C@@H](O)[C@H](O[C@@H]2CCC=C(CNCC3CCC3)O2)[C@@H](NC(=O)OC(C)(C)C)C[C@H]1NC(=O)CCCC(=O)OC(C)(C)C. The summed E-state index contributed by atoms with van der Waals surface area (Å²) < 4.78 is 35.4. The molecule has 52 heavy (non-hydrogen) atoms. The second-order valence-corrected chi connectivity index (χ2v) is 16.0. The number of carbonyl (C=O) groups excluding carboxylic acids is 3. The first-order chi connectivity index (χ1) is 24.5. The predicted octanol–water partition coefficient (Wildman–Crippen LogP) is 2.93. The Bertz CT molecular complexity index is 1150. The lowest BCUT2D eigenvalue weighted by molar-refractivity contribution is -0.270. The molecule has 3 rings (SSSR count). The lowest BCUT2D eigenvalue weighted by Gasteiger charge is -2.46. The average Bonchev–Trinajstić information content (AvgIpc) is 3.01. The van der Waals surface area contributed by atoms with Crippen molar-refractivity contribution in [3.63, 3.8) is 0 Å². The van der Waals surface area contributed by atoms with E-state index < -0.39 is 78.3 Å². The number of aliphatic hydroxyl groups excluding tert-OH is 3. The van der Waals surface area contributed by atoms with Crippen LogP contribution >= 0.6 is 0 Å². The molecule has 3 aliphatic rings. The number of amides is 2. The Morgan fingerprint density at radius 2 is 1.67 bits per heavy atom. The Morgan fingerprint density at radius 1 is 0.981 bits per heavy atom. The molecule has 0 saturated heterocycles. The summed E-state index contributed by atoms with van der Waals surface area (Å²) >= 11 is 0. The van der Waals surface area contributed by atoms with Gasteiger partial charge in [-0.15, -0.1) is 0 Å². The van der Waals surface area contributed by atoms with Crippen molar-refractivity contribution in [1.82, 2.24) is 16.0 Å². The number of allylic oxidation sites excluding steroid dienone is 1. The largest absolute Gasteiger partial charge is 0.468 e. The molecule has 2 fully saturated rings. The Hall–Kier alpha value is -2.53. The van der Waals surface area contributed by atoms with Gasteiger partial charge >= 0.3 is 12.1 Å². The summed E-state index contributed by atoms with van der Waals surface area (Å²) in [7, 11) is 0. The van der Waals surface area contributed by atoms with Gasteiger partial charge in [0.25, 0.3) is 0 Å². The van der Waals surface area contributed by atoms with Crippen molar-refractivity contribution in [2.45, 2.75) is 173 Å². The van der Waals surface area contributed by atoms with E-state index in [0.29, 0.717) is 25.3 Å². The topological polar surface area (TPSA) is 203 Å². The molecule has 0 aromatic rings. The summed E-state index contributed by atoms with van der Waals surface area (Å²) in [5.74, 6) is 0.560. The number of nitrogens with one attached hydrogen (secondary N) is 3. The molecule has 6 N–H and O–H groups in total. The van der Waals surface area contributed by atoms with E-state index >= 15 is 0 Å². The highest BCUT2D eigenvalue weighted by molar-refractivity contribution is 5.77. The van der Waals surface area contributed by atoms with Crippen LogP contribution in [0.15, 0.2) is 11.8 Å². The quantitative estimate of drug-likeness (QED) is 0.0834. The number of carbonyl (C=O) groups is 3. The van der Waals surface area contributed by atoms with Crippen LogP contribution in [-0.2, 0) is 38.0 Å². The van der Waals surface area contributed by atoms with Gasteiger partial charge in [0, 0.05) is 19.3 Å². The second-order valence-electron chi connectivity index (χ2n) is 16.0. The second kappa shape index (κ2) is 20.8. The van der Waals surface area contributed by atoms with Gasteiger partial charge in [0.05, 0.1) is 31.8 Å². The Balaban J connectivity index is 1.82. The first kappa shape index (κ1) is 43.9. The first-order valence-electron chi connectivity index (χ1n) is 18.9. The van der Waals surface area contributed by atoms with Crippen molar-refractivity contribution in [1.29, 1.82) is 0 Å². The Labute approximate surface area is 308 Å². The Kier molecular flexibility index (Phi) is 17.5. The summed E-state index contributed by atoms with van der Waals surface area (Å²) in [6.07, 6.45) is -0.237. The number of rotatable bonds is 19. The zero-order valence-electron chi connectivity index (χ0n) is 32.2. The molecule has 15 heteroatoms. The van der Waals surface area contributed by atoms with Crippen molar-refractivity contribution in [2.75, 3.05) is 26.3 Å².